The quantitative estimate of drug-likeness (QED) is 0.677. The van der Waals surface area contributed by atoms with Gasteiger partial charge in [0.25, 0.3) is 0 Å². The van der Waals surface area contributed by atoms with Crippen molar-refractivity contribution in [3.63, 3.8) is 0 Å². The Morgan fingerprint density at radius 3 is 2.92 bits per heavy atom. The second-order valence-electron chi connectivity index (χ2n) is 3.83. The minimum absolute atomic E-state index is 0.0787. The van der Waals surface area contributed by atoms with Crippen LogP contribution in [0.1, 0.15) is 32.6 Å². The van der Waals surface area contributed by atoms with Gasteiger partial charge in [-0.1, -0.05) is 19.1 Å². The maximum Gasteiger partial charge on any atom is 0.136 e. The van der Waals surface area contributed by atoms with E-state index in [1.54, 1.807) is 6.08 Å². The minimum atomic E-state index is 0.0787. The van der Waals surface area contributed by atoms with E-state index in [1.807, 2.05) is 6.08 Å². The summed E-state index contributed by atoms with van der Waals surface area (Å²) in [6, 6.07) is 0. The Morgan fingerprint density at radius 2 is 2.31 bits per heavy atom. The van der Waals surface area contributed by atoms with E-state index in [1.165, 1.54) is 6.42 Å². The van der Waals surface area contributed by atoms with E-state index in [2.05, 4.69) is 6.92 Å². The molecule has 0 radical (unpaired) electrons. The third-order valence-electron chi connectivity index (χ3n) is 2.85. The predicted molar refractivity (Wildman–Crippen MR) is 52.4 cm³/mol. The molecule has 0 aromatic carbocycles. The first-order chi connectivity index (χ1) is 6.25. The summed E-state index contributed by atoms with van der Waals surface area (Å²) in [5, 5.41) is 8.56. The van der Waals surface area contributed by atoms with Crippen molar-refractivity contribution < 1.29 is 9.90 Å². The van der Waals surface area contributed by atoms with Crippen LogP contribution in [0.15, 0.2) is 12.2 Å². The van der Waals surface area contributed by atoms with Crippen LogP contribution in [0.4, 0.5) is 0 Å². The molecule has 0 spiro atoms. The molecular weight excluding hydrogens is 164 g/mol. The number of hydrogen-bond acceptors (Lipinski definition) is 2. The lowest BCUT2D eigenvalue weighted by Gasteiger charge is -2.26. The molecule has 2 heteroatoms. The van der Waals surface area contributed by atoms with Crippen LogP contribution in [0.5, 0.6) is 0 Å². The zero-order valence-electron chi connectivity index (χ0n) is 8.20. The van der Waals surface area contributed by atoms with Gasteiger partial charge < -0.3 is 5.11 Å². The van der Waals surface area contributed by atoms with Crippen LogP contribution in [-0.2, 0) is 4.79 Å². The summed E-state index contributed by atoms with van der Waals surface area (Å²) in [7, 11) is 0. The van der Waals surface area contributed by atoms with Crippen LogP contribution in [-0.4, -0.2) is 17.5 Å². The molecule has 0 aromatic rings. The summed E-state index contributed by atoms with van der Waals surface area (Å²) >= 11 is 0. The smallest absolute Gasteiger partial charge is 0.136 e. The van der Waals surface area contributed by atoms with Gasteiger partial charge >= 0.3 is 0 Å². The molecule has 74 valence electrons. The number of allylic oxidation sites excluding steroid dienone is 1. The van der Waals surface area contributed by atoms with Crippen LogP contribution in [0.25, 0.3) is 0 Å². The van der Waals surface area contributed by atoms with Crippen LogP contribution in [0, 0.1) is 11.8 Å². The molecule has 1 aliphatic carbocycles. The number of hydrogen-bond donors (Lipinski definition) is 1. The Morgan fingerprint density at radius 1 is 1.54 bits per heavy atom. The fourth-order valence-electron chi connectivity index (χ4n) is 1.98. The summed E-state index contributed by atoms with van der Waals surface area (Å²) in [6.45, 7) is 2.23. The van der Waals surface area contributed by atoms with Crippen molar-refractivity contribution in [2.45, 2.75) is 32.6 Å². The van der Waals surface area contributed by atoms with Crippen molar-refractivity contribution in [3.8, 4) is 0 Å². The molecule has 0 aliphatic heterocycles. The number of aliphatic hydroxyl groups is 1. The third-order valence-corrected chi connectivity index (χ3v) is 2.85. The summed E-state index contributed by atoms with van der Waals surface area (Å²) in [5.41, 5.74) is 0. The Labute approximate surface area is 79.6 Å². The molecule has 0 aromatic heterocycles. The number of ketones is 1. The lowest BCUT2D eigenvalue weighted by Crippen LogP contribution is -2.26. The molecule has 1 N–H and O–H groups in total. The molecule has 13 heavy (non-hydrogen) atoms. The maximum absolute atomic E-state index is 11.5. The van der Waals surface area contributed by atoms with Crippen LogP contribution >= 0.6 is 0 Å². The first kappa shape index (κ1) is 10.5. The van der Waals surface area contributed by atoms with Gasteiger partial charge in [-0.3, -0.25) is 4.79 Å². The number of carbonyl (C=O) groups is 1. The second-order valence-corrected chi connectivity index (χ2v) is 3.83. The summed E-state index contributed by atoms with van der Waals surface area (Å²) in [6.07, 6.45) is 7.42. The lowest BCUT2D eigenvalue weighted by molar-refractivity contribution is -0.126. The SMILES string of the molecule is C[C@@H]1CCCC(=O)[C@H]1C/C=C/CO. The molecule has 2 atom stereocenters. The van der Waals surface area contributed by atoms with E-state index < -0.39 is 0 Å². The molecule has 1 rings (SSSR count). The molecule has 0 amide bonds. The minimum Gasteiger partial charge on any atom is -0.392 e. The first-order valence-corrected chi connectivity index (χ1v) is 5.04. The third kappa shape index (κ3) is 2.96. The highest BCUT2D eigenvalue weighted by atomic mass is 16.2. The highest BCUT2D eigenvalue weighted by Gasteiger charge is 2.27. The van der Waals surface area contributed by atoms with E-state index in [-0.39, 0.29) is 12.5 Å². The van der Waals surface area contributed by atoms with E-state index in [4.69, 9.17) is 5.11 Å². The van der Waals surface area contributed by atoms with Gasteiger partial charge in [-0.2, -0.15) is 0 Å². The van der Waals surface area contributed by atoms with Crippen LogP contribution < -0.4 is 0 Å². The normalized spacial score (nSPS) is 29.8. The zero-order valence-corrected chi connectivity index (χ0v) is 8.20. The number of rotatable bonds is 3. The highest BCUT2D eigenvalue weighted by molar-refractivity contribution is 5.82. The Balaban J connectivity index is 2.44. The van der Waals surface area contributed by atoms with Gasteiger partial charge in [0, 0.05) is 12.3 Å². The maximum atomic E-state index is 11.5. The Hall–Kier alpha value is -0.630. The van der Waals surface area contributed by atoms with Crippen molar-refractivity contribution in [1.82, 2.24) is 0 Å². The fourth-order valence-corrected chi connectivity index (χ4v) is 1.98. The topological polar surface area (TPSA) is 37.3 Å². The molecule has 1 fully saturated rings. The van der Waals surface area contributed by atoms with Crippen molar-refractivity contribution in [1.29, 1.82) is 0 Å². The van der Waals surface area contributed by atoms with Crippen molar-refractivity contribution >= 4 is 5.78 Å². The van der Waals surface area contributed by atoms with E-state index >= 15 is 0 Å². The average molecular weight is 182 g/mol. The first-order valence-electron chi connectivity index (χ1n) is 5.04. The summed E-state index contributed by atoms with van der Waals surface area (Å²) < 4.78 is 0. The molecular formula is C11H18O2. The predicted octanol–water partition coefficient (Wildman–Crippen LogP) is 1.93. The standard InChI is InChI=1S/C11H18O2/c1-9-5-4-7-11(13)10(9)6-2-3-8-12/h2-3,9-10,12H,4-8H2,1H3/b3-2+/t9-,10+/m1/s1. The van der Waals surface area contributed by atoms with E-state index in [0.717, 1.165) is 19.3 Å². The molecule has 0 unspecified atom stereocenters. The van der Waals surface area contributed by atoms with E-state index in [0.29, 0.717) is 11.7 Å². The lowest BCUT2D eigenvalue weighted by atomic mass is 9.78. The number of aliphatic hydroxyl groups excluding tert-OH is 1. The van der Waals surface area contributed by atoms with Crippen molar-refractivity contribution in [3.05, 3.63) is 12.2 Å². The molecule has 0 heterocycles. The summed E-state index contributed by atoms with van der Waals surface area (Å²) in [5.74, 6) is 1.13. The van der Waals surface area contributed by atoms with E-state index in [9.17, 15) is 4.79 Å². The molecule has 1 aliphatic rings. The molecule has 0 saturated heterocycles. The van der Waals surface area contributed by atoms with Gasteiger partial charge in [0.15, 0.2) is 0 Å². The van der Waals surface area contributed by atoms with Gasteiger partial charge in [0.1, 0.15) is 5.78 Å². The van der Waals surface area contributed by atoms with Gasteiger partial charge in [0.2, 0.25) is 0 Å². The monoisotopic (exact) mass is 182 g/mol. The van der Waals surface area contributed by atoms with Crippen LogP contribution in [0.2, 0.25) is 0 Å². The number of carbonyl (C=O) groups excluding carboxylic acids is 1. The Kier molecular flexibility index (Phi) is 4.16. The van der Waals surface area contributed by atoms with Crippen molar-refractivity contribution in [2.75, 3.05) is 6.61 Å². The second kappa shape index (κ2) is 5.18. The van der Waals surface area contributed by atoms with Gasteiger partial charge in [0.05, 0.1) is 6.61 Å². The summed E-state index contributed by atoms with van der Waals surface area (Å²) in [4.78, 5) is 11.5. The Bertz CT molecular complexity index is 196. The molecule has 0 bridgehead atoms. The van der Waals surface area contributed by atoms with Gasteiger partial charge in [-0.15, -0.1) is 0 Å². The number of Topliss-reactive ketones (excluding diaryl/α,β-unsaturated/α-hetero) is 1. The average Bonchev–Trinajstić information content (AvgIpc) is 2.10. The van der Waals surface area contributed by atoms with Crippen LogP contribution in [0.3, 0.4) is 0 Å². The molecule has 1 saturated carbocycles. The zero-order chi connectivity index (χ0) is 9.68. The fraction of sp³-hybridized carbons (Fsp3) is 0.727. The highest BCUT2D eigenvalue weighted by Crippen LogP contribution is 2.29. The molecule has 2 nitrogen and oxygen atoms in total. The largest absolute Gasteiger partial charge is 0.392 e. The van der Waals surface area contributed by atoms with Gasteiger partial charge in [-0.05, 0) is 25.2 Å². The van der Waals surface area contributed by atoms with Crippen molar-refractivity contribution in [2.24, 2.45) is 11.8 Å². The van der Waals surface area contributed by atoms with Gasteiger partial charge in [-0.25, -0.2) is 0 Å².